The van der Waals surface area contributed by atoms with Crippen molar-refractivity contribution in [3.05, 3.63) is 29.8 Å². The summed E-state index contributed by atoms with van der Waals surface area (Å²) in [5.41, 5.74) is 5.67. The summed E-state index contributed by atoms with van der Waals surface area (Å²) >= 11 is 0. The first kappa shape index (κ1) is 63.2. The predicted molar refractivity (Wildman–Crippen MR) is 262 cm³/mol. The highest BCUT2D eigenvalue weighted by atomic mass is 16.4. The molecule has 1 heterocycles. The number of hydrogen-bond acceptors (Lipinski definition) is 15. The van der Waals surface area contributed by atoms with Crippen LogP contribution in [-0.2, 0) is 59.2 Å². The zero-order valence-corrected chi connectivity index (χ0v) is 42.1. The first-order valence-electron chi connectivity index (χ1n) is 24.8. The van der Waals surface area contributed by atoms with E-state index in [4.69, 9.17) is 5.73 Å². The Morgan fingerprint density at radius 3 is 1.53 bits per heavy atom. The summed E-state index contributed by atoms with van der Waals surface area (Å²) in [6.07, 6.45) is 2.37. The number of carbonyl (C=O) groups is 11. The molecule has 2 rings (SSSR count). The first-order chi connectivity index (χ1) is 34.9. The summed E-state index contributed by atoms with van der Waals surface area (Å²) in [6, 6.07) is -8.96. The summed E-state index contributed by atoms with van der Waals surface area (Å²) < 4.78 is 0. The van der Waals surface area contributed by atoms with E-state index < -0.39 is 171 Å². The lowest BCUT2D eigenvalue weighted by atomic mass is 10.0. The van der Waals surface area contributed by atoms with Crippen molar-refractivity contribution in [3.8, 4) is 5.75 Å². The second-order valence-corrected chi connectivity index (χ2v) is 18.8. The van der Waals surface area contributed by atoms with Crippen LogP contribution in [0.2, 0.25) is 0 Å². The summed E-state index contributed by atoms with van der Waals surface area (Å²) in [7, 11) is 0. The average Bonchev–Trinajstić information content (AvgIpc) is 3.32. The molecule has 0 radical (unpaired) electrons. The number of carbonyl (C=O) groups excluding carboxylic acids is 9. The monoisotopic (exact) mass is 1050 g/mol. The highest BCUT2D eigenvalue weighted by Gasteiger charge is 2.36. The molecule has 0 bridgehead atoms. The second-order valence-electron chi connectivity index (χ2n) is 18.8. The van der Waals surface area contributed by atoms with Crippen molar-refractivity contribution in [1.29, 1.82) is 0 Å². The largest absolute Gasteiger partial charge is 0.508 e. The van der Waals surface area contributed by atoms with Crippen LogP contribution in [-0.4, -0.2) is 163 Å². The smallest absolute Gasteiger partial charge is 0.305 e. The minimum Gasteiger partial charge on any atom is -0.508 e. The number of phenols is 1. The van der Waals surface area contributed by atoms with Gasteiger partial charge in [-0.25, -0.2) is 0 Å². The number of hydrogen-bond donors (Lipinski definition) is 15. The van der Waals surface area contributed by atoms with Gasteiger partial charge in [0, 0.05) is 25.3 Å². The molecular formula is C48H75N9O17. The van der Waals surface area contributed by atoms with Gasteiger partial charge >= 0.3 is 11.9 Å². The number of nitrogens with one attached hydrogen (secondary N) is 8. The number of aliphatic carboxylic acids is 2. The molecule has 1 aliphatic heterocycles. The number of primary amides is 1. The van der Waals surface area contributed by atoms with Gasteiger partial charge in [-0.1, -0.05) is 83.8 Å². The number of phenolic OH excluding ortho intramolecular Hbond substituents is 1. The van der Waals surface area contributed by atoms with Crippen molar-refractivity contribution in [1.82, 2.24) is 42.5 Å². The Morgan fingerprint density at radius 2 is 1.01 bits per heavy atom. The van der Waals surface area contributed by atoms with Crippen LogP contribution in [0.3, 0.4) is 0 Å². The van der Waals surface area contributed by atoms with E-state index in [1.807, 2.05) is 0 Å². The van der Waals surface area contributed by atoms with E-state index in [0.717, 1.165) is 51.9 Å². The van der Waals surface area contributed by atoms with Gasteiger partial charge in [-0.2, -0.15) is 0 Å². The first-order valence-corrected chi connectivity index (χ1v) is 24.8. The summed E-state index contributed by atoms with van der Waals surface area (Å²) in [6.45, 7) is 3.12. The lowest BCUT2D eigenvalue weighted by Gasteiger charge is -2.28. The molecule has 414 valence electrons. The van der Waals surface area contributed by atoms with Crippen LogP contribution in [0, 0.1) is 5.92 Å². The van der Waals surface area contributed by atoms with Crippen LogP contribution < -0.4 is 48.3 Å². The summed E-state index contributed by atoms with van der Waals surface area (Å²) in [5.74, 6) is -13.3. The number of aliphatic hydroxyl groups is 3. The molecule has 74 heavy (non-hydrogen) atoms. The maximum atomic E-state index is 14.1. The van der Waals surface area contributed by atoms with Gasteiger partial charge in [0.05, 0.1) is 32.2 Å². The second kappa shape index (κ2) is 33.0. The molecule has 9 atom stereocenters. The Morgan fingerprint density at radius 1 is 0.554 bits per heavy atom. The van der Waals surface area contributed by atoms with Crippen molar-refractivity contribution in [2.75, 3.05) is 13.2 Å². The molecule has 1 aromatic carbocycles. The van der Waals surface area contributed by atoms with Gasteiger partial charge in [0.1, 0.15) is 48.0 Å². The average molecular weight is 1050 g/mol. The van der Waals surface area contributed by atoms with Crippen LogP contribution >= 0.6 is 0 Å². The van der Waals surface area contributed by atoms with Gasteiger partial charge in [0.2, 0.25) is 53.2 Å². The van der Waals surface area contributed by atoms with Crippen LogP contribution in [0.25, 0.3) is 0 Å². The third-order valence-corrected chi connectivity index (χ3v) is 11.9. The van der Waals surface area contributed by atoms with Gasteiger partial charge in [0.25, 0.3) is 0 Å². The Balaban J connectivity index is 2.67. The van der Waals surface area contributed by atoms with E-state index in [0.29, 0.717) is 18.8 Å². The zero-order chi connectivity index (χ0) is 55.5. The molecule has 0 saturated carbocycles. The maximum absolute atomic E-state index is 14.1. The van der Waals surface area contributed by atoms with Crippen LogP contribution in [0.4, 0.5) is 0 Å². The fourth-order valence-electron chi connectivity index (χ4n) is 7.81. The lowest BCUT2D eigenvalue weighted by Crippen LogP contribution is -2.62. The van der Waals surface area contributed by atoms with Gasteiger partial charge in [0.15, 0.2) is 0 Å². The highest BCUT2D eigenvalue weighted by molar-refractivity contribution is 5.99. The van der Waals surface area contributed by atoms with E-state index >= 15 is 0 Å². The van der Waals surface area contributed by atoms with Gasteiger partial charge in [-0.15, -0.1) is 0 Å². The Kier molecular flexibility index (Phi) is 28.2. The molecule has 1 saturated heterocycles. The Hall–Kier alpha value is -6.93. The van der Waals surface area contributed by atoms with E-state index in [2.05, 4.69) is 56.4 Å². The SMILES string of the molecule is CC(C)CCCCCCCCCCC1CC(=O)NC(CC(=O)O)C(=O)NC(Cc2ccc(O)cc2)C(=O)NC(CC(N)=O)C(=O)NC(CO)C(=O)NC(CCC(=O)O)C(=O)NC(CO)C(=O)NC(C(C)O)C(=O)N1. The number of carboxylic acids is 2. The van der Waals surface area contributed by atoms with E-state index in [1.54, 1.807) is 0 Å². The number of aliphatic hydroxyl groups excluding tert-OH is 3. The number of rotatable bonds is 23. The normalized spacial score (nSPS) is 23.8. The standard InChI is InChI=1S/C48H75N9O17/c1-26(2)12-10-8-6-4-5-7-9-11-13-29-21-38(63)51-34(23-40(66)67)45(71)53-32(20-28-14-16-30(61)17-15-28)43(69)54-33(22-37(49)62)44(70)56-35(24-58)46(72)52-31(18-19-39(64)65)42(68)55-36(25-59)47(73)57-41(27(3)60)48(74)50-29/h14-17,26-27,29,31-36,41,58-61H,4-13,18-25H2,1-3H3,(H2,49,62)(H,50,74)(H,51,63)(H,52,72)(H,53,71)(H,54,69)(H,55,68)(H,56,70)(H,57,73)(H,64,65)(H,66,67). The Bertz CT molecular complexity index is 2070. The molecule has 1 fully saturated rings. The van der Waals surface area contributed by atoms with Crippen molar-refractivity contribution in [2.45, 2.75) is 178 Å². The zero-order valence-electron chi connectivity index (χ0n) is 42.1. The van der Waals surface area contributed by atoms with E-state index in [1.165, 1.54) is 24.3 Å². The van der Waals surface area contributed by atoms with Crippen molar-refractivity contribution >= 4 is 65.1 Å². The van der Waals surface area contributed by atoms with Crippen molar-refractivity contribution < 1.29 is 83.4 Å². The molecule has 16 N–H and O–H groups in total. The van der Waals surface area contributed by atoms with Crippen LogP contribution in [0.15, 0.2) is 24.3 Å². The van der Waals surface area contributed by atoms with Gasteiger partial charge < -0.3 is 78.9 Å². The fraction of sp³-hybridized carbons (Fsp3) is 0.646. The molecule has 9 unspecified atom stereocenters. The molecule has 0 aliphatic carbocycles. The number of amides is 9. The molecule has 26 heteroatoms. The number of nitrogens with two attached hydrogens (primary N) is 1. The molecule has 9 amide bonds. The minimum atomic E-state index is -1.99. The molecule has 1 aliphatic rings. The Labute approximate surface area is 428 Å². The molecule has 1 aromatic rings. The van der Waals surface area contributed by atoms with Crippen molar-refractivity contribution in [3.63, 3.8) is 0 Å². The number of benzene rings is 1. The van der Waals surface area contributed by atoms with E-state index in [-0.39, 0.29) is 17.7 Å². The molecule has 26 nitrogen and oxygen atoms in total. The van der Waals surface area contributed by atoms with E-state index in [9.17, 15) is 83.4 Å². The fourth-order valence-corrected chi connectivity index (χ4v) is 7.81. The summed E-state index contributed by atoms with van der Waals surface area (Å²) in [5, 5.41) is 78.3. The van der Waals surface area contributed by atoms with Gasteiger partial charge in [-0.05, 0) is 43.4 Å². The molecular weight excluding hydrogens is 975 g/mol. The van der Waals surface area contributed by atoms with Crippen LogP contribution in [0.5, 0.6) is 5.75 Å². The number of carboxylic acid groups (broad SMARTS) is 2. The highest BCUT2D eigenvalue weighted by Crippen LogP contribution is 2.16. The van der Waals surface area contributed by atoms with Gasteiger partial charge in [-0.3, -0.25) is 52.7 Å². The third kappa shape index (κ3) is 24.2. The maximum Gasteiger partial charge on any atom is 0.305 e. The lowest BCUT2D eigenvalue weighted by molar-refractivity contribution is -0.141. The van der Waals surface area contributed by atoms with Crippen molar-refractivity contribution in [2.24, 2.45) is 11.7 Å². The predicted octanol–water partition coefficient (Wildman–Crippen LogP) is -2.65. The van der Waals surface area contributed by atoms with Crippen LogP contribution in [0.1, 0.15) is 123 Å². The minimum absolute atomic E-state index is 0.134. The quantitative estimate of drug-likeness (QED) is 0.0498. The number of aromatic hydroxyl groups is 1. The topological polar surface area (TPSA) is 431 Å². The third-order valence-electron chi connectivity index (χ3n) is 11.9. The molecule has 0 aromatic heterocycles. The summed E-state index contributed by atoms with van der Waals surface area (Å²) in [4.78, 5) is 146. The molecule has 0 spiro atoms. The number of unbranched alkanes of at least 4 members (excludes halogenated alkanes) is 7.